The molecule has 0 radical (unpaired) electrons. The molecule has 0 fully saturated rings. The standard InChI is InChI=1S/C18H29NO/c1-4-11-19(12-5-2)14-15-9-10-17-16(13-15)7-6-8-18(17)20-3/h6-8,15H,4-5,9-14H2,1-3H3/t15-/m0/s1. The Morgan fingerprint density at radius 2 is 1.95 bits per heavy atom. The van der Waals surface area contributed by atoms with Crippen molar-refractivity contribution in [2.24, 2.45) is 5.92 Å². The van der Waals surface area contributed by atoms with E-state index in [2.05, 4.69) is 36.9 Å². The van der Waals surface area contributed by atoms with Gasteiger partial charge >= 0.3 is 0 Å². The summed E-state index contributed by atoms with van der Waals surface area (Å²) >= 11 is 0. The van der Waals surface area contributed by atoms with Crippen LogP contribution in [0.25, 0.3) is 0 Å². The van der Waals surface area contributed by atoms with Gasteiger partial charge in [0.1, 0.15) is 5.75 Å². The van der Waals surface area contributed by atoms with Gasteiger partial charge in [-0.3, -0.25) is 0 Å². The fourth-order valence-corrected chi connectivity index (χ4v) is 3.49. The van der Waals surface area contributed by atoms with Crippen LogP contribution in [0, 0.1) is 5.92 Å². The predicted molar refractivity (Wildman–Crippen MR) is 85.5 cm³/mol. The van der Waals surface area contributed by atoms with E-state index in [-0.39, 0.29) is 0 Å². The van der Waals surface area contributed by atoms with Gasteiger partial charge in [0, 0.05) is 6.54 Å². The highest BCUT2D eigenvalue weighted by molar-refractivity contribution is 5.42. The molecule has 2 rings (SSSR count). The van der Waals surface area contributed by atoms with Gasteiger partial charge in [0.15, 0.2) is 0 Å². The van der Waals surface area contributed by atoms with Crippen molar-refractivity contribution in [3.63, 3.8) is 0 Å². The smallest absolute Gasteiger partial charge is 0.122 e. The van der Waals surface area contributed by atoms with Crippen LogP contribution in [-0.4, -0.2) is 31.6 Å². The van der Waals surface area contributed by atoms with Crippen LogP contribution in [0.4, 0.5) is 0 Å². The van der Waals surface area contributed by atoms with Gasteiger partial charge in [-0.2, -0.15) is 0 Å². The Morgan fingerprint density at radius 3 is 2.60 bits per heavy atom. The Labute approximate surface area is 124 Å². The summed E-state index contributed by atoms with van der Waals surface area (Å²) in [6.07, 6.45) is 6.22. The molecule has 112 valence electrons. The number of fused-ring (bicyclic) bond motifs is 1. The zero-order chi connectivity index (χ0) is 14.4. The normalized spacial score (nSPS) is 18.1. The second-order valence-electron chi connectivity index (χ2n) is 6.01. The van der Waals surface area contributed by atoms with Crippen molar-refractivity contribution in [1.82, 2.24) is 4.90 Å². The highest BCUT2D eigenvalue weighted by Gasteiger charge is 2.22. The molecule has 0 saturated carbocycles. The van der Waals surface area contributed by atoms with Crippen molar-refractivity contribution in [1.29, 1.82) is 0 Å². The van der Waals surface area contributed by atoms with Gasteiger partial charge in [0.05, 0.1) is 7.11 Å². The average molecular weight is 275 g/mol. The van der Waals surface area contributed by atoms with Gasteiger partial charge in [-0.05, 0) is 68.3 Å². The first-order valence-electron chi connectivity index (χ1n) is 8.15. The highest BCUT2D eigenvalue weighted by atomic mass is 16.5. The largest absolute Gasteiger partial charge is 0.496 e. The third-order valence-electron chi connectivity index (χ3n) is 4.36. The molecule has 0 unspecified atom stereocenters. The average Bonchev–Trinajstić information content (AvgIpc) is 2.47. The van der Waals surface area contributed by atoms with E-state index in [1.54, 1.807) is 7.11 Å². The minimum Gasteiger partial charge on any atom is -0.496 e. The second kappa shape index (κ2) is 7.68. The minimum absolute atomic E-state index is 0.813. The zero-order valence-corrected chi connectivity index (χ0v) is 13.3. The van der Waals surface area contributed by atoms with Crippen LogP contribution < -0.4 is 4.74 Å². The molecule has 0 spiro atoms. The highest BCUT2D eigenvalue weighted by Crippen LogP contribution is 2.32. The van der Waals surface area contributed by atoms with Crippen molar-refractivity contribution < 1.29 is 4.74 Å². The molecule has 2 heteroatoms. The van der Waals surface area contributed by atoms with Crippen molar-refractivity contribution in [2.75, 3.05) is 26.7 Å². The van der Waals surface area contributed by atoms with Gasteiger partial charge < -0.3 is 9.64 Å². The Bertz CT molecular complexity index is 410. The molecular weight excluding hydrogens is 246 g/mol. The molecule has 2 nitrogen and oxygen atoms in total. The molecule has 0 heterocycles. The van der Waals surface area contributed by atoms with E-state index in [0.717, 1.165) is 11.7 Å². The molecule has 1 aliphatic carbocycles. The predicted octanol–water partition coefficient (Wildman–Crippen LogP) is 3.92. The van der Waals surface area contributed by atoms with E-state index in [1.165, 1.54) is 62.9 Å². The van der Waals surface area contributed by atoms with Crippen molar-refractivity contribution in [2.45, 2.75) is 46.0 Å². The van der Waals surface area contributed by atoms with Crippen molar-refractivity contribution in [3.05, 3.63) is 29.3 Å². The maximum Gasteiger partial charge on any atom is 0.122 e. The Hall–Kier alpha value is -1.02. The lowest BCUT2D eigenvalue weighted by molar-refractivity contribution is 0.219. The van der Waals surface area contributed by atoms with Crippen LogP contribution in [0.5, 0.6) is 5.75 Å². The van der Waals surface area contributed by atoms with E-state index in [1.807, 2.05) is 0 Å². The molecule has 0 amide bonds. The maximum absolute atomic E-state index is 5.50. The lowest BCUT2D eigenvalue weighted by Gasteiger charge is -2.31. The molecule has 0 aromatic heterocycles. The van der Waals surface area contributed by atoms with Crippen LogP contribution >= 0.6 is 0 Å². The van der Waals surface area contributed by atoms with Crippen LogP contribution in [0.2, 0.25) is 0 Å². The first kappa shape index (κ1) is 15.4. The summed E-state index contributed by atoms with van der Waals surface area (Å²) in [5, 5.41) is 0. The summed E-state index contributed by atoms with van der Waals surface area (Å²) in [5.41, 5.74) is 2.96. The summed E-state index contributed by atoms with van der Waals surface area (Å²) in [6.45, 7) is 8.32. The summed E-state index contributed by atoms with van der Waals surface area (Å²) in [7, 11) is 1.78. The first-order chi connectivity index (χ1) is 9.78. The third-order valence-corrected chi connectivity index (χ3v) is 4.36. The lowest BCUT2D eigenvalue weighted by Crippen LogP contribution is -2.33. The number of ether oxygens (including phenoxy) is 1. The summed E-state index contributed by atoms with van der Waals surface area (Å²) in [6, 6.07) is 6.52. The van der Waals surface area contributed by atoms with Gasteiger partial charge in [0.25, 0.3) is 0 Å². The van der Waals surface area contributed by atoms with Gasteiger partial charge in [0.2, 0.25) is 0 Å². The molecule has 0 saturated heterocycles. The lowest BCUT2D eigenvalue weighted by atomic mass is 9.83. The molecule has 0 aliphatic heterocycles. The molecular formula is C18H29NO. The fraction of sp³-hybridized carbons (Fsp3) is 0.667. The quantitative estimate of drug-likeness (QED) is 0.748. The molecule has 0 bridgehead atoms. The van der Waals surface area contributed by atoms with E-state index in [9.17, 15) is 0 Å². The molecule has 1 aliphatic rings. The van der Waals surface area contributed by atoms with Gasteiger partial charge in [-0.25, -0.2) is 0 Å². The van der Waals surface area contributed by atoms with E-state index in [0.29, 0.717) is 0 Å². The van der Waals surface area contributed by atoms with Gasteiger partial charge in [-0.15, -0.1) is 0 Å². The number of methoxy groups -OCH3 is 1. The summed E-state index contributed by atoms with van der Waals surface area (Å²) in [4.78, 5) is 2.65. The van der Waals surface area contributed by atoms with Crippen LogP contribution in [-0.2, 0) is 12.8 Å². The van der Waals surface area contributed by atoms with E-state index in [4.69, 9.17) is 4.74 Å². The number of rotatable bonds is 7. The molecule has 0 N–H and O–H groups in total. The Morgan fingerprint density at radius 1 is 1.20 bits per heavy atom. The first-order valence-corrected chi connectivity index (χ1v) is 8.15. The molecule has 1 atom stereocenters. The van der Waals surface area contributed by atoms with Crippen LogP contribution in [0.3, 0.4) is 0 Å². The zero-order valence-electron chi connectivity index (χ0n) is 13.3. The molecule has 1 aromatic rings. The molecule has 20 heavy (non-hydrogen) atoms. The van der Waals surface area contributed by atoms with Crippen molar-refractivity contribution >= 4 is 0 Å². The van der Waals surface area contributed by atoms with Crippen LogP contribution in [0.1, 0.15) is 44.2 Å². The Kier molecular flexibility index (Phi) is 5.90. The van der Waals surface area contributed by atoms with E-state index < -0.39 is 0 Å². The van der Waals surface area contributed by atoms with E-state index >= 15 is 0 Å². The SMILES string of the molecule is CCCN(CCC)C[C@H]1CCc2c(cccc2OC)C1. The topological polar surface area (TPSA) is 12.5 Å². The summed E-state index contributed by atoms with van der Waals surface area (Å²) < 4.78 is 5.50. The minimum atomic E-state index is 0.813. The summed E-state index contributed by atoms with van der Waals surface area (Å²) in [5.74, 6) is 1.90. The monoisotopic (exact) mass is 275 g/mol. The fourth-order valence-electron chi connectivity index (χ4n) is 3.49. The second-order valence-corrected chi connectivity index (χ2v) is 6.01. The third kappa shape index (κ3) is 3.76. The number of hydrogen-bond donors (Lipinski definition) is 0. The number of benzene rings is 1. The van der Waals surface area contributed by atoms with Crippen LogP contribution in [0.15, 0.2) is 18.2 Å². The maximum atomic E-state index is 5.50. The van der Waals surface area contributed by atoms with Gasteiger partial charge in [-0.1, -0.05) is 26.0 Å². The Balaban J connectivity index is 2.00. The number of hydrogen-bond acceptors (Lipinski definition) is 2. The number of nitrogens with zero attached hydrogens (tertiary/aromatic N) is 1. The van der Waals surface area contributed by atoms with Crippen molar-refractivity contribution in [3.8, 4) is 5.75 Å². The molecule has 1 aromatic carbocycles.